The van der Waals surface area contributed by atoms with Crippen molar-refractivity contribution in [3.63, 3.8) is 0 Å². The maximum absolute atomic E-state index is 12.3. The van der Waals surface area contributed by atoms with E-state index in [1.165, 1.54) is 29.4 Å². The van der Waals surface area contributed by atoms with Crippen LogP contribution in [0.25, 0.3) is 0 Å². The summed E-state index contributed by atoms with van der Waals surface area (Å²) >= 11 is 0. The lowest BCUT2D eigenvalue weighted by Gasteiger charge is -2.09. The maximum Gasteiger partial charge on any atom is 0.289 e. The molecule has 20 heavy (non-hydrogen) atoms. The van der Waals surface area contributed by atoms with Crippen LogP contribution >= 0.6 is 0 Å². The van der Waals surface area contributed by atoms with Gasteiger partial charge >= 0.3 is 0 Å². The van der Waals surface area contributed by atoms with E-state index in [0.717, 1.165) is 0 Å². The van der Waals surface area contributed by atoms with Gasteiger partial charge in [0.25, 0.3) is 5.91 Å². The molecule has 0 bridgehead atoms. The minimum atomic E-state index is -3.50. The zero-order chi connectivity index (χ0) is 14.8. The van der Waals surface area contributed by atoms with E-state index in [1.807, 2.05) is 0 Å². The highest BCUT2D eigenvalue weighted by Crippen LogP contribution is 2.20. The Kier molecular flexibility index (Phi) is 3.94. The summed E-state index contributed by atoms with van der Waals surface area (Å²) in [5, 5.41) is 0. The monoisotopic (exact) mass is 293 g/mol. The number of hydrogen-bond acceptors (Lipinski definition) is 4. The zero-order valence-corrected chi connectivity index (χ0v) is 12.1. The Labute approximate surface area is 117 Å². The third-order valence-corrected chi connectivity index (χ3v) is 4.48. The fourth-order valence-corrected chi connectivity index (χ4v) is 3.13. The molecule has 0 aliphatic carbocycles. The number of benzene rings is 1. The number of hydrogen-bond donors (Lipinski definition) is 0. The minimum absolute atomic E-state index is 0.0644. The Morgan fingerprint density at radius 1 is 1.15 bits per heavy atom. The van der Waals surface area contributed by atoms with Crippen LogP contribution in [0.1, 0.15) is 16.1 Å². The van der Waals surface area contributed by atoms with Crippen molar-refractivity contribution in [2.24, 2.45) is 0 Å². The van der Waals surface area contributed by atoms with Crippen LogP contribution in [-0.2, 0) is 15.6 Å². The van der Waals surface area contributed by atoms with Gasteiger partial charge in [0.1, 0.15) is 0 Å². The van der Waals surface area contributed by atoms with E-state index < -0.39 is 9.84 Å². The van der Waals surface area contributed by atoms with Crippen LogP contribution in [0.15, 0.2) is 52.0 Å². The lowest BCUT2D eigenvalue weighted by molar-refractivity contribution is 0.0795. The third kappa shape index (κ3) is 2.91. The van der Waals surface area contributed by atoms with E-state index in [9.17, 15) is 13.2 Å². The molecule has 0 aliphatic rings. The number of rotatable bonds is 4. The molecule has 2 aromatic rings. The Balaban J connectivity index is 2.32. The van der Waals surface area contributed by atoms with Crippen molar-refractivity contribution in [3.8, 4) is 0 Å². The second-order valence-electron chi connectivity index (χ2n) is 4.55. The second-order valence-corrected chi connectivity index (χ2v) is 6.54. The van der Waals surface area contributed by atoms with Crippen molar-refractivity contribution >= 4 is 15.7 Å². The summed E-state index contributed by atoms with van der Waals surface area (Å²) in [7, 11) is -0.328. The molecule has 0 fully saturated rings. The standard InChI is InChI=1S/C14H15NO4S/c1-15(2)14(16)13-11(8-9-19-13)10-20(17,18)12-6-4-3-5-7-12/h3-9H,10H2,1-2H3. The molecule has 0 radical (unpaired) electrons. The molecule has 1 amide bonds. The first-order chi connectivity index (χ1) is 9.42. The molecular weight excluding hydrogens is 278 g/mol. The van der Waals surface area contributed by atoms with E-state index in [4.69, 9.17) is 4.42 Å². The fraction of sp³-hybridized carbons (Fsp3) is 0.214. The highest BCUT2D eigenvalue weighted by molar-refractivity contribution is 7.90. The number of carbonyl (C=O) groups excluding carboxylic acids is 1. The highest BCUT2D eigenvalue weighted by Gasteiger charge is 2.23. The van der Waals surface area contributed by atoms with Gasteiger partial charge in [-0.05, 0) is 18.2 Å². The zero-order valence-electron chi connectivity index (χ0n) is 11.2. The smallest absolute Gasteiger partial charge is 0.289 e. The van der Waals surface area contributed by atoms with E-state index in [2.05, 4.69) is 0 Å². The molecule has 106 valence electrons. The van der Waals surface area contributed by atoms with E-state index >= 15 is 0 Å². The molecule has 0 spiro atoms. The van der Waals surface area contributed by atoms with Crippen LogP contribution in [0.3, 0.4) is 0 Å². The molecule has 5 nitrogen and oxygen atoms in total. The summed E-state index contributed by atoms with van der Waals surface area (Å²) in [5.41, 5.74) is 0.368. The Hall–Kier alpha value is -2.08. The minimum Gasteiger partial charge on any atom is -0.459 e. The predicted molar refractivity (Wildman–Crippen MR) is 74.1 cm³/mol. The lowest BCUT2D eigenvalue weighted by Crippen LogP contribution is -2.22. The number of sulfone groups is 1. The summed E-state index contributed by atoms with van der Waals surface area (Å²) in [6.45, 7) is 0. The van der Waals surface area contributed by atoms with Crippen LogP contribution in [0, 0.1) is 0 Å². The fourth-order valence-electron chi connectivity index (χ4n) is 1.76. The molecule has 0 unspecified atom stereocenters. The van der Waals surface area contributed by atoms with Crippen LogP contribution < -0.4 is 0 Å². The second kappa shape index (κ2) is 5.50. The summed E-state index contributed by atoms with van der Waals surface area (Å²) in [6.07, 6.45) is 1.33. The molecule has 6 heteroatoms. The molecule has 0 saturated heterocycles. The average Bonchev–Trinajstić information content (AvgIpc) is 2.86. The molecule has 1 aromatic heterocycles. The molecule has 0 saturated carbocycles. The van der Waals surface area contributed by atoms with Crippen LogP contribution in [0.5, 0.6) is 0 Å². The Morgan fingerprint density at radius 3 is 2.40 bits per heavy atom. The lowest BCUT2D eigenvalue weighted by atomic mass is 10.2. The van der Waals surface area contributed by atoms with Crippen LogP contribution in [-0.4, -0.2) is 33.3 Å². The van der Waals surface area contributed by atoms with E-state index in [-0.39, 0.29) is 22.3 Å². The van der Waals surface area contributed by atoms with Gasteiger partial charge in [-0.25, -0.2) is 8.42 Å². The first-order valence-corrected chi connectivity index (χ1v) is 7.63. The first kappa shape index (κ1) is 14.3. The SMILES string of the molecule is CN(C)C(=O)c1occc1CS(=O)(=O)c1ccccc1. The molecule has 1 heterocycles. The van der Waals surface area contributed by atoms with E-state index in [1.54, 1.807) is 32.3 Å². The van der Waals surface area contributed by atoms with Crippen molar-refractivity contribution in [1.29, 1.82) is 0 Å². The molecule has 0 aliphatic heterocycles. The quantitative estimate of drug-likeness (QED) is 0.864. The van der Waals surface area contributed by atoms with Gasteiger partial charge < -0.3 is 9.32 Å². The van der Waals surface area contributed by atoms with Crippen molar-refractivity contribution in [1.82, 2.24) is 4.90 Å². The number of furan rings is 1. The number of nitrogens with zero attached hydrogens (tertiary/aromatic N) is 1. The highest BCUT2D eigenvalue weighted by atomic mass is 32.2. The Morgan fingerprint density at radius 2 is 1.80 bits per heavy atom. The van der Waals surface area contributed by atoms with Crippen molar-refractivity contribution in [2.75, 3.05) is 14.1 Å². The topological polar surface area (TPSA) is 67.6 Å². The summed E-state index contributed by atoms with van der Waals surface area (Å²) in [4.78, 5) is 13.5. The average molecular weight is 293 g/mol. The van der Waals surface area contributed by atoms with Gasteiger partial charge in [-0.3, -0.25) is 4.79 Å². The summed E-state index contributed by atoms with van der Waals surface area (Å²) in [5.74, 6) is -0.551. The predicted octanol–water partition coefficient (Wildman–Crippen LogP) is 1.96. The van der Waals surface area contributed by atoms with Crippen LogP contribution in [0.2, 0.25) is 0 Å². The summed E-state index contributed by atoms with van der Waals surface area (Å²) < 4.78 is 29.7. The van der Waals surface area contributed by atoms with Gasteiger partial charge in [0, 0.05) is 19.7 Å². The molecule has 0 atom stereocenters. The van der Waals surface area contributed by atoms with Gasteiger partial charge in [-0.15, -0.1) is 0 Å². The largest absolute Gasteiger partial charge is 0.459 e. The van der Waals surface area contributed by atoms with Gasteiger partial charge in [0.15, 0.2) is 15.6 Å². The number of amides is 1. The van der Waals surface area contributed by atoms with Crippen LogP contribution in [0.4, 0.5) is 0 Å². The summed E-state index contributed by atoms with van der Waals surface area (Å²) in [6, 6.07) is 9.64. The van der Waals surface area contributed by atoms with Crippen molar-refractivity contribution in [2.45, 2.75) is 10.6 Å². The van der Waals surface area contributed by atoms with E-state index in [0.29, 0.717) is 5.56 Å². The number of carbonyl (C=O) groups is 1. The maximum atomic E-state index is 12.3. The normalized spacial score (nSPS) is 11.3. The first-order valence-electron chi connectivity index (χ1n) is 5.97. The Bertz CT molecular complexity index is 702. The molecule has 2 rings (SSSR count). The molecule has 1 aromatic carbocycles. The van der Waals surface area contributed by atoms with Crippen molar-refractivity contribution < 1.29 is 17.6 Å². The van der Waals surface area contributed by atoms with Gasteiger partial charge in [0.05, 0.1) is 16.9 Å². The molecular formula is C14H15NO4S. The van der Waals surface area contributed by atoms with Crippen molar-refractivity contribution in [3.05, 3.63) is 54.0 Å². The van der Waals surface area contributed by atoms with Gasteiger partial charge in [-0.2, -0.15) is 0 Å². The third-order valence-electron chi connectivity index (χ3n) is 2.80. The van der Waals surface area contributed by atoms with Gasteiger partial charge in [0.2, 0.25) is 0 Å². The van der Waals surface area contributed by atoms with Gasteiger partial charge in [-0.1, -0.05) is 18.2 Å². The molecule has 0 N–H and O–H groups in total.